The van der Waals surface area contributed by atoms with E-state index in [0.717, 1.165) is 10.1 Å². The van der Waals surface area contributed by atoms with Gasteiger partial charge >= 0.3 is 41.5 Å². The van der Waals surface area contributed by atoms with Gasteiger partial charge in [0.1, 0.15) is 25.4 Å². The molecule has 236 valence electrons. The Morgan fingerprint density at radius 2 is 1.27 bits per heavy atom. The third-order valence-corrected chi connectivity index (χ3v) is 10.7. The number of pyridine rings is 2. The largest absolute Gasteiger partial charge is 1.00 e. The summed E-state index contributed by atoms with van der Waals surface area (Å²) in [5.41, 5.74) is 0. The summed E-state index contributed by atoms with van der Waals surface area (Å²) >= 11 is 0. The smallest absolute Gasteiger partial charge is 0.747 e. The molecule has 2 fully saturated rings. The Balaban J connectivity index is 0.000000311. The van der Waals surface area contributed by atoms with E-state index in [1.807, 2.05) is 24.3 Å². The van der Waals surface area contributed by atoms with Crippen molar-refractivity contribution in [1.29, 1.82) is 0 Å². The quantitative estimate of drug-likeness (QED) is 0.0810. The van der Waals surface area contributed by atoms with Crippen molar-refractivity contribution in [3.05, 3.63) is 48.8 Å². The SMILES string of the molecule is O=C(CCSSc1ccccn1)ON1C(=O)CC(S(=O)(=O)[O-])C1=O.O=C(CCSSc1ccccn1)ON1C(=O)CCC1=O.[Na+]. The van der Waals surface area contributed by atoms with Gasteiger partial charge in [0.15, 0.2) is 0 Å². The van der Waals surface area contributed by atoms with E-state index < -0.39 is 57.4 Å². The van der Waals surface area contributed by atoms with Crippen molar-refractivity contribution in [3.8, 4) is 0 Å². The number of hydrogen-bond donors (Lipinski definition) is 0. The van der Waals surface area contributed by atoms with E-state index in [0.29, 0.717) is 16.6 Å². The average molecular weight is 727 g/mol. The van der Waals surface area contributed by atoms with Gasteiger partial charge in [-0.25, -0.2) is 28.0 Å². The van der Waals surface area contributed by atoms with Crippen molar-refractivity contribution in [1.82, 2.24) is 20.1 Å². The predicted molar refractivity (Wildman–Crippen MR) is 158 cm³/mol. The summed E-state index contributed by atoms with van der Waals surface area (Å²) in [6, 6.07) is 11.0. The molecule has 1 unspecified atom stereocenters. The number of amides is 4. The van der Waals surface area contributed by atoms with E-state index in [1.54, 1.807) is 24.5 Å². The fourth-order valence-corrected chi connectivity index (χ4v) is 7.49. The van der Waals surface area contributed by atoms with Crippen molar-refractivity contribution in [2.45, 2.75) is 47.4 Å². The van der Waals surface area contributed by atoms with E-state index in [1.165, 1.54) is 43.2 Å². The zero-order valence-electron chi connectivity index (χ0n) is 23.5. The van der Waals surface area contributed by atoms with Crippen LogP contribution in [0.25, 0.3) is 0 Å². The fourth-order valence-electron chi connectivity index (χ4n) is 3.10. The summed E-state index contributed by atoms with van der Waals surface area (Å²) in [6.45, 7) is 0. The van der Waals surface area contributed by atoms with Crippen molar-refractivity contribution >= 4 is 88.9 Å². The third kappa shape index (κ3) is 13.2. The Labute approximate surface area is 295 Å². The van der Waals surface area contributed by atoms with Crippen molar-refractivity contribution in [3.63, 3.8) is 0 Å². The van der Waals surface area contributed by atoms with Crippen LogP contribution < -0.4 is 29.6 Å². The molecule has 1 atom stereocenters. The molecule has 4 rings (SSSR count). The molecule has 15 nitrogen and oxygen atoms in total. The second-order valence-electron chi connectivity index (χ2n) is 8.37. The molecule has 4 heterocycles. The minimum atomic E-state index is -4.97. The molecule has 0 bridgehead atoms. The first kappa shape index (κ1) is 39.0. The predicted octanol–water partition coefficient (Wildman–Crippen LogP) is -0.834. The molecular formula is C24H23N4NaO11S5. The van der Waals surface area contributed by atoms with Gasteiger partial charge < -0.3 is 14.2 Å². The van der Waals surface area contributed by atoms with Gasteiger partial charge in [-0.2, -0.15) is 0 Å². The van der Waals surface area contributed by atoms with Gasteiger partial charge in [0.25, 0.3) is 23.6 Å². The van der Waals surface area contributed by atoms with Crippen molar-refractivity contribution < 1.29 is 81.0 Å². The van der Waals surface area contributed by atoms with E-state index >= 15 is 0 Å². The van der Waals surface area contributed by atoms with Gasteiger partial charge in [-0.15, -0.1) is 10.1 Å². The van der Waals surface area contributed by atoms with Crippen LogP contribution in [-0.4, -0.2) is 85.4 Å². The van der Waals surface area contributed by atoms with Crippen molar-refractivity contribution in [2.75, 3.05) is 11.5 Å². The van der Waals surface area contributed by atoms with E-state index in [4.69, 9.17) is 4.84 Å². The zero-order valence-corrected chi connectivity index (χ0v) is 29.5. The molecule has 45 heavy (non-hydrogen) atoms. The maximum Gasteiger partial charge on any atom is 1.00 e. The standard InChI is InChI=1S/C12H12N2O7S3.C12H12N2O4S2.Na/c15-10-7-8(24(18,19)20)12(17)14(10)21-11(16)4-6-22-23-9-3-1-2-5-13-9;15-10-4-5-11(16)14(10)18-12(17)6-8-19-20-9-3-1-2-7-13-9;/h1-3,5,8H,4,6-7H2,(H,18,19,20);1-3,7H,4-6,8H2;/q;;+1/p-1. The Hall–Kier alpha value is -2.17. The maximum atomic E-state index is 11.6. The van der Waals surface area contributed by atoms with Gasteiger partial charge in [-0.05, 0) is 45.9 Å². The molecule has 0 aliphatic carbocycles. The Morgan fingerprint density at radius 3 is 1.67 bits per heavy atom. The minimum Gasteiger partial charge on any atom is -0.747 e. The number of aromatic nitrogens is 2. The first-order valence-electron chi connectivity index (χ1n) is 12.5. The van der Waals surface area contributed by atoms with Crippen LogP contribution in [0.3, 0.4) is 0 Å². The first-order chi connectivity index (χ1) is 21.0. The van der Waals surface area contributed by atoms with Crippen LogP contribution in [0.15, 0.2) is 58.8 Å². The number of nitrogens with zero attached hydrogens (tertiary/aromatic N) is 4. The molecule has 2 aliphatic heterocycles. The molecule has 0 radical (unpaired) electrons. The van der Waals surface area contributed by atoms with Crippen LogP contribution in [0, 0.1) is 0 Å². The number of imide groups is 2. The van der Waals surface area contributed by atoms with E-state index in [9.17, 15) is 41.7 Å². The van der Waals surface area contributed by atoms with E-state index in [2.05, 4.69) is 14.8 Å². The van der Waals surface area contributed by atoms with E-state index in [-0.39, 0.29) is 60.3 Å². The molecule has 2 saturated heterocycles. The maximum absolute atomic E-state index is 11.6. The number of hydroxylamine groups is 4. The molecule has 2 aromatic heterocycles. The molecule has 2 aromatic rings. The van der Waals surface area contributed by atoms with Crippen LogP contribution in [0.4, 0.5) is 0 Å². The topological polar surface area (TPSA) is 210 Å². The fraction of sp³-hybridized carbons (Fsp3) is 0.333. The molecule has 0 saturated carbocycles. The van der Waals surface area contributed by atoms with Gasteiger partial charge in [-0.1, -0.05) is 33.7 Å². The summed E-state index contributed by atoms with van der Waals surface area (Å²) in [5, 5.41) is 0.199. The molecular weight excluding hydrogens is 704 g/mol. The number of hydrogen-bond acceptors (Lipinski definition) is 17. The molecule has 4 amide bonds. The zero-order chi connectivity index (χ0) is 32.1. The number of carbonyl (C=O) groups excluding carboxylic acids is 6. The van der Waals surface area contributed by atoms with Crippen LogP contribution >= 0.6 is 43.2 Å². The second-order valence-corrected chi connectivity index (χ2v) is 14.8. The molecule has 0 aromatic carbocycles. The Bertz CT molecular complexity index is 1460. The van der Waals surface area contributed by atoms with Crippen LogP contribution in [0.2, 0.25) is 0 Å². The second kappa shape index (κ2) is 19.5. The summed E-state index contributed by atoms with van der Waals surface area (Å²) < 4.78 is 32.6. The minimum absolute atomic E-state index is 0. The normalized spacial score (nSPS) is 16.2. The van der Waals surface area contributed by atoms with Crippen LogP contribution in [-0.2, 0) is 48.6 Å². The summed E-state index contributed by atoms with van der Waals surface area (Å²) in [5.74, 6) is -3.92. The molecule has 2 aliphatic rings. The summed E-state index contributed by atoms with van der Waals surface area (Å²) in [7, 11) is 0.601. The molecule has 0 N–H and O–H groups in total. The summed E-state index contributed by atoms with van der Waals surface area (Å²) in [6.07, 6.45) is 2.73. The van der Waals surface area contributed by atoms with Gasteiger partial charge in [0.2, 0.25) is 0 Å². The van der Waals surface area contributed by atoms with Crippen molar-refractivity contribution in [2.24, 2.45) is 0 Å². The van der Waals surface area contributed by atoms with Crippen LogP contribution in [0.1, 0.15) is 32.1 Å². The Morgan fingerprint density at radius 1 is 0.800 bits per heavy atom. The first-order valence-corrected chi connectivity index (χ1v) is 18.6. The number of rotatable bonds is 13. The number of carbonyl (C=O) groups is 6. The van der Waals surface area contributed by atoms with Crippen LogP contribution in [0.5, 0.6) is 0 Å². The average Bonchev–Trinajstić information content (AvgIpc) is 3.47. The van der Waals surface area contributed by atoms with Gasteiger partial charge in [0.05, 0.1) is 19.3 Å². The third-order valence-electron chi connectivity index (χ3n) is 5.15. The molecule has 21 heteroatoms. The monoisotopic (exact) mass is 726 g/mol. The Kier molecular flexibility index (Phi) is 16.9. The molecule has 0 spiro atoms. The van der Waals surface area contributed by atoms with Gasteiger partial charge in [0, 0.05) is 36.7 Å². The summed E-state index contributed by atoms with van der Waals surface area (Å²) in [4.78, 5) is 86.3. The van der Waals surface area contributed by atoms with Gasteiger partial charge in [-0.3, -0.25) is 19.2 Å².